The lowest BCUT2D eigenvalue weighted by Crippen LogP contribution is -2.55. The highest BCUT2D eigenvalue weighted by atomic mass is 32.1. The van der Waals surface area contributed by atoms with Crippen LogP contribution in [0.5, 0.6) is 0 Å². The van der Waals surface area contributed by atoms with E-state index in [9.17, 15) is 14.4 Å². The van der Waals surface area contributed by atoms with Crippen molar-refractivity contribution in [2.24, 2.45) is 7.05 Å². The number of carboxylic acid groups (broad SMARTS) is 1. The van der Waals surface area contributed by atoms with Gasteiger partial charge in [-0.2, -0.15) is 5.10 Å². The van der Waals surface area contributed by atoms with E-state index in [1.807, 2.05) is 27.8 Å². The Morgan fingerprint density at radius 1 is 1.33 bits per heavy atom. The van der Waals surface area contributed by atoms with Crippen molar-refractivity contribution in [1.82, 2.24) is 20.4 Å². The smallest absolute Gasteiger partial charge is 0.305 e. The molecule has 0 aliphatic carbocycles. The number of aryl methyl sites for hydroxylation is 2. The second-order valence-corrected chi connectivity index (χ2v) is 7.81. The minimum atomic E-state index is -0.968. The van der Waals surface area contributed by atoms with Crippen molar-refractivity contribution in [2.75, 3.05) is 0 Å². The minimum absolute atomic E-state index is 0.158. The molecule has 3 N–H and O–H groups in total. The van der Waals surface area contributed by atoms with Crippen LogP contribution in [0.25, 0.3) is 10.2 Å². The molecular formula is C18H26N4O4S. The summed E-state index contributed by atoms with van der Waals surface area (Å²) in [5.74, 6) is -1.70. The monoisotopic (exact) mass is 394 g/mol. The molecule has 27 heavy (non-hydrogen) atoms. The van der Waals surface area contributed by atoms with E-state index >= 15 is 0 Å². The normalized spacial score (nSPS) is 12.8. The van der Waals surface area contributed by atoms with Crippen molar-refractivity contribution in [3.05, 3.63) is 16.6 Å². The van der Waals surface area contributed by atoms with Crippen LogP contribution in [-0.4, -0.2) is 44.3 Å². The molecule has 2 aromatic heterocycles. The van der Waals surface area contributed by atoms with E-state index in [1.54, 1.807) is 17.7 Å². The molecular weight excluding hydrogens is 368 g/mol. The number of nitrogens with zero attached hydrogens (tertiary/aromatic N) is 2. The molecule has 8 nitrogen and oxygen atoms in total. The standard InChI is InChI=1S/C18H26N4O4S/c1-6-18(7-2,9-14(23)24)20-15(25)11(4)19-16(26)13-8-12-10(3)21-22(5)17(12)27-13/h8,11H,6-7,9H2,1-5H3,(H,19,26)(H,20,25)(H,23,24). The van der Waals surface area contributed by atoms with Gasteiger partial charge < -0.3 is 15.7 Å². The number of carbonyl (C=O) groups is 3. The van der Waals surface area contributed by atoms with E-state index in [0.29, 0.717) is 17.7 Å². The van der Waals surface area contributed by atoms with E-state index in [0.717, 1.165) is 15.9 Å². The zero-order chi connectivity index (χ0) is 20.4. The second-order valence-electron chi connectivity index (χ2n) is 6.78. The van der Waals surface area contributed by atoms with Crippen LogP contribution >= 0.6 is 11.3 Å². The molecule has 0 bridgehead atoms. The van der Waals surface area contributed by atoms with Gasteiger partial charge >= 0.3 is 5.97 Å². The molecule has 148 valence electrons. The Balaban J connectivity index is 2.08. The van der Waals surface area contributed by atoms with Crippen LogP contribution in [0.2, 0.25) is 0 Å². The number of nitrogens with one attached hydrogen (secondary N) is 2. The summed E-state index contributed by atoms with van der Waals surface area (Å²) in [6.45, 7) is 7.14. The summed E-state index contributed by atoms with van der Waals surface area (Å²) in [5.41, 5.74) is 0.0281. The van der Waals surface area contributed by atoms with Crippen molar-refractivity contribution >= 4 is 39.3 Å². The van der Waals surface area contributed by atoms with Crippen LogP contribution in [0.1, 0.15) is 55.4 Å². The zero-order valence-electron chi connectivity index (χ0n) is 16.3. The molecule has 0 fully saturated rings. The van der Waals surface area contributed by atoms with Crippen LogP contribution in [0.4, 0.5) is 0 Å². The van der Waals surface area contributed by atoms with Crippen molar-refractivity contribution in [3.8, 4) is 0 Å². The number of aromatic nitrogens is 2. The molecule has 2 rings (SSSR count). The topological polar surface area (TPSA) is 113 Å². The maximum absolute atomic E-state index is 12.5. The fourth-order valence-electron chi connectivity index (χ4n) is 3.03. The second kappa shape index (κ2) is 8.08. The van der Waals surface area contributed by atoms with E-state index < -0.39 is 23.5 Å². The number of thiophene rings is 1. The van der Waals surface area contributed by atoms with E-state index in [-0.39, 0.29) is 12.3 Å². The lowest BCUT2D eigenvalue weighted by Gasteiger charge is -2.32. The van der Waals surface area contributed by atoms with Crippen molar-refractivity contribution in [2.45, 2.75) is 58.5 Å². The Hall–Kier alpha value is -2.42. The van der Waals surface area contributed by atoms with Crippen molar-refractivity contribution < 1.29 is 19.5 Å². The van der Waals surface area contributed by atoms with Gasteiger partial charge in [0.05, 0.1) is 22.5 Å². The predicted molar refractivity (Wildman–Crippen MR) is 104 cm³/mol. The molecule has 0 spiro atoms. The van der Waals surface area contributed by atoms with Crippen LogP contribution < -0.4 is 10.6 Å². The quantitative estimate of drug-likeness (QED) is 0.635. The first-order valence-electron chi connectivity index (χ1n) is 8.90. The highest BCUT2D eigenvalue weighted by molar-refractivity contribution is 7.20. The molecule has 2 aromatic rings. The van der Waals surface area contributed by atoms with E-state index in [4.69, 9.17) is 5.11 Å². The number of amides is 2. The minimum Gasteiger partial charge on any atom is -0.481 e. The van der Waals surface area contributed by atoms with E-state index in [2.05, 4.69) is 15.7 Å². The lowest BCUT2D eigenvalue weighted by atomic mass is 9.88. The summed E-state index contributed by atoms with van der Waals surface area (Å²) in [5, 5.41) is 19.9. The summed E-state index contributed by atoms with van der Waals surface area (Å²) in [6, 6.07) is 0.989. The average molecular weight is 394 g/mol. The van der Waals surface area contributed by atoms with E-state index in [1.165, 1.54) is 11.3 Å². The fourth-order valence-corrected chi connectivity index (χ4v) is 4.06. The van der Waals surface area contributed by atoms with Gasteiger partial charge in [-0.15, -0.1) is 11.3 Å². The number of hydrogen-bond acceptors (Lipinski definition) is 5. The van der Waals surface area contributed by atoms with Gasteiger partial charge in [0.2, 0.25) is 5.91 Å². The molecule has 1 unspecified atom stereocenters. The predicted octanol–water partition coefficient (Wildman–Crippen LogP) is 2.21. The first-order valence-corrected chi connectivity index (χ1v) is 9.72. The van der Waals surface area contributed by atoms with Gasteiger partial charge in [-0.1, -0.05) is 13.8 Å². The SMILES string of the molecule is CCC(CC)(CC(=O)O)NC(=O)C(C)NC(=O)c1cc2c(C)nn(C)c2s1. The van der Waals surface area contributed by atoms with Crippen molar-refractivity contribution in [1.29, 1.82) is 0 Å². The number of rotatable bonds is 8. The zero-order valence-corrected chi connectivity index (χ0v) is 17.1. The Labute approximate surface area is 161 Å². The first-order chi connectivity index (χ1) is 12.6. The number of carboxylic acids is 1. The molecule has 0 saturated heterocycles. The number of carbonyl (C=O) groups excluding carboxylic acids is 2. The highest BCUT2D eigenvalue weighted by Gasteiger charge is 2.32. The fraction of sp³-hybridized carbons (Fsp3) is 0.556. The van der Waals surface area contributed by atoms with Gasteiger partial charge in [0, 0.05) is 12.4 Å². The van der Waals surface area contributed by atoms with Gasteiger partial charge in [0.1, 0.15) is 10.9 Å². The summed E-state index contributed by atoms with van der Waals surface area (Å²) in [4.78, 5) is 37.6. The summed E-state index contributed by atoms with van der Waals surface area (Å²) in [6.07, 6.45) is 0.824. The first kappa shape index (κ1) is 20.9. The molecule has 0 aliphatic heterocycles. The Bertz CT molecular complexity index is 832. The summed E-state index contributed by atoms with van der Waals surface area (Å²) < 4.78 is 1.73. The summed E-state index contributed by atoms with van der Waals surface area (Å²) in [7, 11) is 1.82. The third kappa shape index (κ3) is 4.47. The molecule has 0 aromatic carbocycles. The Morgan fingerprint density at radius 2 is 1.96 bits per heavy atom. The Kier molecular flexibility index (Phi) is 6.25. The molecule has 0 aliphatic rings. The maximum atomic E-state index is 12.5. The molecule has 0 radical (unpaired) electrons. The van der Waals surface area contributed by atoms with Gasteiger partial charge in [-0.25, -0.2) is 0 Å². The largest absolute Gasteiger partial charge is 0.481 e. The van der Waals surface area contributed by atoms with Gasteiger partial charge in [-0.3, -0.25) is 19.1 Å². The third-order valence-electron chi connectivity index (χ3n) is 4.89. The average Bonchev–Trinajstić information content (AvgIpc) is 3.15. The van der Waals surface area contributed by atoms with Crippen molar-refractivity contribution in [3.63, 3.8) is 0 Å². The van der Waals surface area contributed by atoms with Crippen LogP contribution in [0.15, 0.2) is 6.07 Å². The molecule has 1 atom stereocenters. The Morgan fingerprint density at radius 3 is 2.48 bits per heavy atom. The third-order valence-corrected chi connectivity index (χ3v) is 6.09. The molecule has 2 heterocycles. The number of fused-ring (bicyclic) bond motifs is 1. The van der Waals surface area contributed by atoms with Gasteiger partial charge in [0.25, 0.3) is 5.91 Å². The van der Waals surface area contributed by atoms with Gasteiger partial charge in [-0.05, 0) is 32.8 Å². The molecule has 2 amide bonds. The van der Waals surface area contributed by atoms with Gasteiger partial charge in [0.15, 0.2) is 0 Å². The van der Waals surface area contributed by atoms with Crippen LogP contribution in [-0.2, 0) is 16.6 Å². The molecule has 9 heteroatoms. The van der Waals surface area contributed by atoms with Crippen LogP contribution in [0.3, 0.4) is 0 Å². The molecule has 0 saturated carbocycles. The van der Waals surface area contributed by atoms with Crippen LogP contribution in [0, 0.1) is 6.92 Å². The highest BCUT2D eigenvalue weighted by Crippen LogP contribution is 2.27. The number of aliphatic carboxylic acids is 1. The summed E-state index contributed by atoms with van der Waals surface area (Å²) >= 11 is 1.32. The number of hydrogen-bond donors (Lipinski definition) is 3. The lowest BCUT2D eigenvalue weighted by molar-refractivity contribution is -0.139. The maximum Gasteiger partial charge on any atom is 0.305 e.